The van der Waals surface area contributed by atoms with Crippen LogP contribution in [0.5, 0.6) is 0 Å². The van der Waals surface area contributed by atoms with Crippen molar-refractivity contribution in [1.82, 2.24) is 0 Å². The molecular weight excluding hydrogens is 272 g/mol. The van der Waals surface area contributed by atoms with E-state index in [2.05, 4.69) is 26.5 Å². The van der Waals surface area contributed by atoms with Gasteiger partial charge in [0, 0.05) is 6.07 Å². The summed E-state index contributed by atoms with van der Waals surface area (Å²) in [5.41, 5.74) is 2.81. The Morgan fingerprint density at radius 2 is 1.18 bits per heavy atom. The van der Waals surface area contributed by atoms with E-state index in [0.29, 0.717) is 17.1 Å². The van der Waals surface area contributed by atoms with Gasteiger partial charge < -0.3 is 0 Å². The topological polar surface area (TPSA) is 49.4 Å². The van der Waals surface area contributed by atoms with Gasteiger partial charge in [-0.3, -0.25) is 0 Å². The van der Waals surface area contributed by atoms with Gasteiger partial charge in [0.05, 0.1) is 11.4 Å². The molecule has 0 spiro atoms. The third kappa shape index (κ3) is 3.70. The van der Waals surface area contributed by atoms with Crippen molar-refractivity contribution in [2.45, 2.75) is 0 Å². The molecule has 0 aromatic heterocycles. The number of hydrogen-bond donors (Lipinski definition) is 0. The zero-order valence-corrected chi connectivity index (χ0v) is 11.8. The molecule has 0 N–H and O–H groups in total. The number of hydrogen-bond acceptors (Lipinski definition) is 4. The Bertz CT molecular complexity index is 712. The van der Waals surface area contributed by atoms with Crippen LogP contribution in [0, 0.1) is 6.07 Å². The Balaban J connectivity index is 1.84. The molecule has 0 atom stereocenters. The number of nitrogens with zero attached hydrogens (tertiary/aromatic N) is 4. The SMILES string of the molecule is [c]1ccccc1/N=N/c1ccccc1/N=N/c1ccccc1. The first-order valence-corrected chi connectivity index (χ1v) is 6.86. The van der Waals surface area contributed by atoms with E-state index in [-0.39, 0.29) is 0 Å². The van der Waals surface area contributed by atoms with Gasteiger partial charge in [0.1, 0.15) is 11.4 Å². The van der Waals surface area contributed by atoms with Crippen LogP contribution in [0.2, 0.25) is 0 Å². The van der Waals surface area contributed by atoms with Gasteiger partial charge in [0.15, 0.2) is 0 Å². The smallest absolute Gasteiger partial charge is 0.113 e. The minimum absolute atomic E-state index is 0.666. The van der Waals surface area contributed by atoms with Gasteiger partial charge in [-0.05, 0) is 30.3 Å². The highest BCUT2D eigenvalue weighted by Crippen LogP contribution is 2.30. The highest BCUT2D eigenvalue weighted by molar-refractivity contribution is 5.61. The average Bonchev–Trinajstić information content (AvgIpc) is 2.61. The maximum Gasteiger partial charge on any atom is 0.113 e. The van der Waals surface area contributed by atoms with E-state index >= 15 is 0 Å². The van der Waals surface area contributed by atoms with Crippen molar-refractivity contribution in [2.75, 3.05) is 0 Å². The zero-order chi connectivity index (χ0) is 15.0. The van der Waals surface area contributed by atoms with Crippen molar-refractivity contribution in [3.63, 3.8) is 0 Å². The molecule has 0 fully saturated rings. The Labute approximate surface area is 128 Å². The summed E-state index contributed by atoms with van der Waals surface area (Å²) in [4.78, 5) is 0. The minimum atomic E-state index is 0.666. The van der Waals surface area contributed by atoms with Gasteiger partial charge in [0.2, 0.25) is 0 Å². The third-order valence-corrected chi connectivity index (χ3v) is 2.87. The number of benzene rings is 3. The predicted octanol–water partition coefficient (Wildman–Crippen LogP) is 6.32. The molecule has 4 nitrogen and oxygen atoms in total. The molecule has 0 aliphatic rings. The summed E-state index contributed by atoms with van der Waals surface area (Å²) >= 11 is 0. The number of azo groups is 2. The van der Waals surface area contributed by atoms with Gasteiger partial charge in [-0.15, -0.1) is 15.3 Å². The monoisotopic (exact) mass is 285 g/mol. The maximum atomic E-state index is 4.25. The Morgan fingerprint density at radius 3 is 1.86 bits per heavy atom. The molecule has 0 saturated carbocycles. The molecule has 0 unspecified atom stereocenters. The lowest BCUT2D eigenvalue weighted by Crippen LogP contribution is -1.68. The summed E-state index contributed by atoms with van der Waals surface area (Å²) in [5.74, 6) is 0. The van der Waals surface area contributed by atoms with E-state index in [1.807, 2.05) is 72.8 Å². The van der Waals surface area contributed by atoms with E-state index in [0.717, 1.165) is 5.69 Å². The van der Waals surface area contributed by atoms with Crippen molar-refractivity contribution in [1.29, 1.82) is 0 Å². The lowest BCUT2D eigenvalue weighted by atomic mass is 10.3. The van der Waals surface area contributed by atoms with Gasteiger partial charge in [-0.2, -0.15) is 5.11 Å². The maximum absolute atomic E-state index is 4.25. The molecule has 105 valence electrons. The van der Waals surface area contributed by atoms with Gasteiger partial charge >= 0.3 is 0 Å². The van der Waals surface area contributed by atoms with Crippen LogP contribution < -0.4 is 0 Å². The summed E-state index contributed by atoms with van der Waals surface area (Å²) in [6.45, 7) is 0. The highest BCUT2D eigenvalue weighted by Gasteiger charge is 1.99. The molecule has 3 rings (SSSR count). The quantitative estimate of drug-likeness (QED) is 0.504. The normalized spacial score (nSPS) is 11.3. The first kappa shape index (κ1) is 13.8. The van der Waals surface area contributed by atoms with Crippen molar-refractivity contribution in [2.24, 2.45) is 20.5 Å². The zero-order valence-electron chi connectivity index (χ0n) is 11.8. The van der Waals surface area contributed by atoms with Crippen molar-refractivity contribution < 1.29 is 0 Å². The van der Waals surface area contributed by atoms with E-state index in [1.165, 1.54) is 0 Å². The standard InChI is InChI=1S/C18H13N4/c1-3-9-15(10-4-1)19-21-17-13-7-8-14-18(17)22-20-16-11-5-2-6-12-16/h1-11,13-14H/b21-19+,22-20+. The van der Waals surface area contributed by atoms with Crippen molar-refractivity contribution in [3.8, 4) is 0 Å². The third-order valence-electron chi connectivity index (χ3n) is 2.87. The first-order chi connectivity index (χ1) is 10.9. The van der Waals surface area contributed by atoms with E-state index in [4.69, 9.17) is 0 Å². The second-order valence-corrected chi connectivity index (χ2v) is 4.47. The Hall–Kier alpha value is -3.14. The lowest BCUT2D eigenvalue weighted by molar-refractivity contribution is 1.18. The fraction of sp³-hybridized carbons (Fsp3) is 0. The van der Waals surface area contributed by atoms with Gasteiger partial charge in [0.25, 0.3) is 0 Å². The first-order valence-electron chi connectivity index (χ1n) is 6.86. The van der Waals surface area contributed by atoms with Crippen molar-refractivity contribution in [3.05, 3.63) is 84.9 Å². The van der Waals surface area contributed by atoms with Crippen LogP contribution >= 0.6 is 0 Å². The number of rotatable bonds is 4. The van der Waals surface area contributed by atoms with Crippen LogP contribution in [0.15, 0.2) is 99.3 Å². The van der Waals surface area contributed by atoms with Crippen LogP contribution in [-0.4, -0.2) is 0 Å². The highest BCUT2D eigenvalue weighted by atomic mass is 15.1. The summed E-state index contributed by atoms with van der Waals surface area (Å²) in [7, 11) is 0. The second-order valence-electron chi connectivity index (χ2n) is 4.47. The minimum Gasteiger partial charge on any atom is -0.150 e. The van der Waals surface area contributed by atoms with E-state index < -0.39 is 0 Å². The summed E-state index contributed by atoms with van der Waals surface area (Å²) in [6, 6.07) is 27.5. The molecule has 0 saturated heterocycles. The molecular formula is C18H13N4. The van der Waals surface area contributed by atoms with Gasteiger partial charge in [-0.25, -0.2) is 0 Å². The summed E-state index contributed by atoms with van der Waals surface area (Å²) in [5, 5.41) is 16.8. The molecule has 1 radical (unpaired) electrons. The second kappa shape index (κ2) is 7.04. The summed E-state index contributed by atoms with van der Waals surface area (Å²) in [6.07, 6.45) is 0. The van der Waals surface area contributed by atoms with Crippen LogP contribution in [0.1, 0.15) is 0 Å². The van der Waals surface area contributed by atoms with Crippen molar-refractivity contribution >= 4 is 22.7 Å². The van der Waals surface area contributed by atoms with E-state index in [9.17, 15) is 0 Å². The molecule has 3 aromatic rings. The fourth-order valence-electron chi connectivity index (χ4n) is 1.79. The molecule has 0 bridgehead atoms. The van der Waals surface area contributed by atoms with Crippen LogP contribution in [0.25, 0.3) is 0 Å². The largest absolute Gasteiger partial charge is 0.150 e. The Kier molecular flexibility index (Phi) is 4.42. The molecule has 0 amide bonds. The van der Waals surface area contributed by atoms with Crippen LogP contribution in [-0.2, 0) is 0 Å². The average molecular weight is 285 g/mol. The molecule has 4 heteroatoms. The summed E-state index contributed by atoms with van der Waals surface area (Å²) < 4.78 is 0. The van der Waals surface area contributed by atoms with Crippen LogP contribution in [0.4, 0.5) is 22.7 Å². The Morgan fingerprint density at radius 1 is 0.545 bits per heavy atom. The molecule has 0 aliphatic carbocycles. The molecule has 3 aromatic carbocycles. The van der Waals surface area contributed by atoms with Gasteiger partial charge in [-0.1, -0.05) is 48.5 Å². The molecule has 0 heterocycles. The van der Waals surface area contributed by atoms with Crippen LogP contribution in [0.3, 0.4) is 0 Å². The molecule has 22 heavy (non-hydrogen) atoms. The van der Waals surface area contributed by atoms with E-state index in [1.54, 1.807) is 6.07 Å². The fourth-order valence-corrected chi connectivity index (χ4v) is 1.79. The molecule has 0 aliphatic heterocycles. The lowest BCUT2D eigenvalue weighted by Gasteiger charge is -1.97. The predicted molar refractivity (Wildman–Crippen MR) is 86.5 cm³/mol.